The van der Waals surface area contributed by atoms with Gasteiger partial charge in [0.25, 0.3) is 47.3 Å². The number of benzene rings is 8. The van der Waals surface area contributed by atoms with Gasteiger partial charge in [0, 0.05) is 189 Å². The van der Waals surface area contributed by atoms with Gasteiger partial charge in [0.15, 0.2) is 0 Å². The molecule has 3 aliphatic rings. The van der Waals surface area contributed by atoms with Gasteiger partial charge < -0.3 is 81.7 Å². The summed E-state index contributed by atoms with van der Waals surface area (Å²) in [5.41, 5.74) is 6.28. The highest BCUT2D eigenvalue weighted by molar-refractivity contribution is 6.35. The number of piperidine rings is 1. The average molecular weight is 2110 g/mol. The molecule has 4 aromatic heterocycles. The zero-order chi connectivity index (χ0) is 104. The largest absolute Gasteiger partial charge is 0.376 e. The number of likely N-dealkylation sites (N-methyl/N-ethyl adjacent to an activating group) is 1. The third-order valence-electron chi connectivity index (χ3n) is 22.5. The zero-order valence-electron chi connectivity index (χ0n) is 79.8. The van der Waals surface area contributed by atoms with Crippen molar-refractivity contribution in [2.24, 2.45) is 4.99 Å². The Balaban J connectivity index is 0.000000171. The second kappa shape index (κ2) is 49.4. The van der Waals surface area contributed by atoms with Crippen molar-refractivity contribution in [2.75, 3.05) is 179 Å². The van der Waals surface area contributed by atoms with Crippen LogP contribution in [-0.2, 0) is 0 Å². The second-order valence-corrected chi connectivity index (χ2v) is 37.4. The van der Waals surface area contributed by atoms with Gasteiger partial charge in [0.2, 0.25) is 0 Å². The standard InChI is InChI=1S/C27H27Cl2FN6O2.C26H25Cl2FN6O2.C25H24Cl2N6O2.C24H24Cl2N6O2/c1-35(2)22-14-18(29)13-20(27(38)33-23-9-7-17(28)15-32-23)24(22)34-26(37)19-8-6-16(12-21(19)30)25(31)36-10-4-3-5-11-36;1-34(2)21-13-17(28)12-19(26(37)32-22-8-6-16(27)14-31-22)23(21)33-25(36)18-7-5-15(11-20(18)29)24(30)35-9-3-4-10-35;1-32(2)20-13-18(27)12-19(25(35)30-21-9-8-17(26)14-29-21)22(20)31-24(34)16-6-4-15(5-7-16)23-28-10-11-33(23)3;1-31(2)19-12-17(26)11-18(24(34)29-20-10-9-16(25)13-28-20)21(19)30-23(33)15-7-5-14(6-8-15)22(27)32(3)4/h6-9,12-15,31H,3-5,10-11H2,1-2H3,(H,34,37)(H,32,33,38);5-8,11-14,30H,3-4,9-10H2,1-2H3,(H,33,36)(H,31,32,37);4-9,12-14H,10-11H2,1-3H3,(H,31,34)(H,29,30,35);5-13,27H,1-4H3,(H,30,33)(H,28,29,34). The number of aliphatic imine (C=N–C) groups is 1. The summed E-state index contributed by atoms with van der Waals surface area (Å²) >= 11 is 48.6. The number of aromatic nitrogens is 4. The van der Waals surface area contributed by atoms with E-state index in [1.54, 1.807) is 204 Å². The number of amides is 8. The maximum atomic E-state index is 15.1. The number of hydrogen-bond acceptors (Lipinski definition) is 21. The molecular formula is C102H100Cl8F2N24O8. The molecule has 32 nitrogen and oxygen atoms in total. The molecule has 746 valence electrons. The predicted octanol–water partition coefficient (Wildman–Crippen LogP) is 20.9. The number of anilines is 12. The van der Waals surface area contributed by atoms with Crippen LogP contribution in [0.3, 0.4) is 0 Å². The normalized spacial score (nSPS) is 12.3. The van der Waals surface area contributed by atoms with E-state index in [-0.39, 0.29) is 84.0 Å². The van der Waals surface area contributed by atoms with Gasteiger partial charge in [-0.2, -0.15) is 0 Å². The van der Waals surface area contributed by atoms with Crippen molar-refractivity contribution in [2.45, 2.75) is 32.1 Å². The Hall–Kier alpha value is -14.6. The van der Waals surface area contributed by atoms with Crippen LogP contribution < -0.4 is 62.1 Å². The van der Waals surface area contributed by atoms with E-state index < -0.39 is 53.0 Å². The lowest BCUT2D eigenvalue weighted by Gasteiger charge is -2.29. The molecule has 0 unspecified atom stereocenters. The zero-order valence-corrected chi connectivity index (χ0v) is 85.8. The van der Waals surface area contributed by atoms with Crippen molar-refractivity contribution < 1.29 is 47.1 Å². The summed E-state index contributed by atoms with van der Waals surface area (Å²) in [6.45, 7) is 4.64. The van der Waals surface area contributed by atoms with Gasteiger partial charge in [-0.05, 0) is 178 Å². The summed E-state index contributed by atoms with van der Waals surface area (Å²) in [6.07, 6.45) is 10.7. The monoisotopic (exact) mass is 2110 g/mol. The number of amidine groups is 4. The quantitative estimate of drug-likeness (QED) is 0.0198. The lowest BCUT2D eigenvalue weighted by atomic mass is 10.1. The smallest absolute Gasteiger partial charge is 0.259 e. The van der Waals surface area contributed by atoms with Crippen LogP contribution in [0, 0.1) is 27.9 Å². The minimum Gasteiger partial charge on any atom is -0.376 e. The van der Waals surface area contributed by atoms with E-state index in [0.29, 0.717) is 110 Å². The molecule has 0 radical (unpaired) electrons. The molecule has 8 aromatic carbocycles. The summed E-state index contributed by atoms with van der Waals surface area (Å²) < 4.78 is 30.2. The Bertz CT molecular complexity index is 6880. The number of likely N-dealkylation sites (tertiary alicyclic amines) is 2. The molecule has 0 aliphatic carbocycles. The highest BCUT2D eigenvalue weighted by Crippen LogP contribution is 2.40. The Morgan fingerprint density at radius 2 is 0.576 bits per heavy atom. The lowest BCUT2D eigenvalue weighted by Crippen LogP contribution is -2.35. The van der Waals surface area contributed by atoms with Crippen LogP contribution >= 0.6 is 92.8 Å². The van der Waals surface area contributed by atoms with Crippen molar-refractivity contribution in [3.8, 4) is 0 Å². The molecule has 3 aliphatic heterocycles. The molecule has 2 saturated heterocycles. The fourth-order valence-electron chi connectivity index (χ4n) is 15.1. The summed E-state index contributed by atoms with van der Waals surface area (Å²) in [6, 6.07) is 47.0. The number of carbonyl (C=O) groups is 8. The molecule has 0 bridgehead atoms. The van der Waals surface area contributed by atoms with E-state index in [2.05, 4.69) is 72.4 Å². The highest BCUT2D eigenvalue weighted by atomic mass is 35.5. The first kappa shape index (κ1) is 108. The van der Waals surface area contributed by atoms with Crippen LogP contribution in [0.15, 0.2) is 212 Å². The summed E-state index contributed by atoms with van der Waals surface area (Å²) in [4.78, 5) is 141. The van der Waals surface area contributed by atoms with Crippen LogP contribution in [0.4, 0.5) is 77.6 Å². The van der Waals surface area contributed by atoms with E-state index in [1.807, 2.05) is 29.0 Å². The minimum atomic E-state index is -0.768. The number of pyridine rings is 4. The van der Waals surface area contributed by atoms with Gasteiger partial charge in [-0.1, -0.05) is 129 Å². The van der Waals surface area contributed by atoms with Gasteiger partial charge in [-0.15, -0.1) is 0 Å². The topological polar surface area (TPSA) is 394 Å². The molecule has 11 N–H and O–H groups in total. The first-order valence-corrected chi connectivity index (χ1v) is 47.6. The molecule has 15 rings (SSSR count). The van der Waals surface area contributed by atoms with Crippen molar-refractivity contribution in [3.05, 3.63) is 325 Å². The maximum Gasteiger partial charge on any atom is 0.259 e. The fraction of sp³-hybridized carbons (Fsp3) is 0.216. The summed E-state index contributed by atoms with van der Waals surface area (Å²) in [7, 11) is 19.6. The molecule has 0 saturated carbocycles. The highest BCUT2D eigenvalue weighted by Gasteiger charge is 2.31. The molecule has 2 fully saturated rings. The predicted molar refractivity (Wildman–Crippen MR) is 574 cm³/mol. The van der Waals surface area contributed by atoms with Crippen LogP contribution in [0.25, 0.3) is 0 Å². The third kappa shape index (κ3) is 28.2. The van der Waals surface area contributed by atoms with E-state index >= 15 is 8.78 Å². The number of nitrogens with zero attached hydrogens (tertiary/aromatic N) is 13. The summed E-state index contributed by atoms with van der Waals surface area (Å²) in [5.74, 6) is -3.11. The van der Waals surface area contributed by atoms with Crippen LogP contribution in [0.2, 0.25) is 40.2 Å². The molecule has 0 atom stereocenters. The maximum absolute atomic E-state index is 15.1. The van der Waals surface area contributed by atoms with E-state index in [4.69, 9.17) is 109 Å². The van der Waals surface area contributed by atoms with Crippen LogP contribution in [0.5, 0.6) is 0 Å². The van der Waals surface area contributed by atoms with Gasteiger partial charge in [0.05, 0.1) is 106 Å². The Morgan fingerprint density at radius 3 is 0.840 bits per heavy atom. The third-order valence-corrected chi connectivity index (χ3v) is 24.2. The van der Waals surface area contributed by atoms with Crippen molar-refractivity contribution in [3.63, 3.8) is 0 Å². The first-order valence-electron chi connectivity index (χ1n) is 44.6. The van der Waals surface area contributed by atoms with Crippen molar-refractivity contribution in [1.29, 1.82) is 16.2 Å². The molecule has 12 aromatic rings. The van der Waals surface area contributed by atoms with Gasteiger partial charge in [-0.25, -0.2) is 28.7 Å². The molecule has 42 heteroatoms. The SMILES string of the molecule is CN(C)C(=N)c1ccc(C(=O)Nc2c(C(=O)Nc3ccc(Cl)cn3)cc(Cl)cc2N(C)C)cc1.CN(C)c1cc(Cl)cc(C(=O)Nc2ccc(Cl)cn2)c1NC(=O)c1ccc(C(=N)N2CCCC2)cc1F.CN(C)c1cc(Cl)cc(C(=O)Nc2ccc(Cl)cn2)c1NC(=O)c1ccc(C(=N)N2CCCCC2)cc1F.CN1CCN=C1c1ccc(C(=O)Nc2c(C(=O)Nc3ccc(Cl)cn3)cc(Cl)cc2N(C)C)cc1. The van der Waals surface area contributed by atoms with E-state index in [0.717, 1.165) is 82.8 Å². The fourth-order valence-corrected chi connectivity index (χ4v) is 16.4. The van der Waals surface area contributed by atoms with E-state index in [1.165, 1.54) is 85.5 Å². The molecule has 0 spiro atoms. The second-order valence-electron chi connectivity index (χ2n) is 33.9. The Morgan fingerprint density at radius 1 is 0.306 bits per heavy atom. The van der Waals surface area contributed by atoms with Gasteiger partial charge >= 0.3 is 0 Å². The minimum absolute atomic E-state index is 0.0640. The Kier molecular flexibility index (Phi) is 37.1. The number of rotatable bonds is 24. The van der Waals surface area contributed by atoms with Crippen LogP contribution in [-0.4, -0.2) is 227 Å². The average Bonchev–Trinajstić information content (AvgIpc) is 0.949. The van der Waals surface area contributed by atoms with Gasteiger partial charge in [0.1, 0.15) is 58.2 Å². The molecule has 7 heterocycles. The summed E-state index contributed by atoms with van der Waals surface area (Å²) in [5, 5.41) is 49.6. The number of hydrogen-bond donors (Lipinski definition) is 11. The number of nitrogens with one attached hydrogen (secondary N) is 11. The Labute approximate surface area is 870 Å². The number of halogens is 10. The first-order chi connectivity index (χ1) is 68.6. The van der Waals surface area contributed by atoms with Crippen molar-refractivity contribution >= 4 is 232 Å². The van der Waals surface area contributed by atoms with Gasteiger partial charge in [-0.3, -0.25) is 59.6 Å². The molecular weight excluding hydrogens is 2010 g/mol. The van der Waals surface area contributed by atoms with Crippen molar-refractivity contribution in [1.82, 2.24) is 39.5 Å². The molecule has 8 amide bonds. The molecule has 144 heavy (non-hydrogen) atoms. The van der Waals surface area contributed by atoms with Crippen LogP contribution in [0.1, 0.15) is 137 Å². The lowest BCUT2D eigenvalue weighted by molar-refractivity contribution is 0.100. The van der Waals surface area contributed by atoms with E-state index in [9.17, 15) is 38.4 Å². The number of carbonyl (C=O) groups excluding carboxylic acids is 8.